The van der Waals surface area contributed by atoms with Gasteiger partial charge in [-0.1, -0.05) is 6.92 Å². The molecule has 0 amide bonds. The van der Waals surface area contributed by atoms with Crippen LogP contribution in [0.2, 0.25) is 0 Å². The van der Waals surface area contributed by atoms with E-state index >= 15 is 0 Å². The van der Waals surface area contributed by atoms with Crippen LogP contribution in [0.1, 0.15) is 6.92 Å². The zero-order chi connectivity index (χ0) is 8.20. The molecule has 10 heavy (non-hydrogen) atoms. The summed E-state index contributed by atoms with van der Waals surface area (Å²) in [4.78, 5) is 0. The highest BCUT2D eigenvalue weighted by Gasteiger charge is 2.04. The zero-order valence-corrected chi connectivity index (χ0v) is 7.02. The summed E-state index contributed by atoms with van der Waals surface area (Å²) in [5, 5.41) is 0. The van der Waals surface area contributed by atoms with Crippen LogP contribution in [0.4, 0.5) is 0 Å². The maximum Gasteiger partial charge on any atom is 0.264 e. The fourth-order valence-electron chi connectivity index (χ4n) is 0.308. The van der Waals surface area contributed by atoms with Crippen LogP contribution in [0.3, 0.4) is 0 Å². The summed E-state index contributed by atoms with van der Waals surface area (Å²) in [6.45, 7) is 2.44. The molecule has 0 saturated heterocycles. The first-order valence-electron chi connectivity index (χ1n) is 3.00. The summed E-state index contributed by atoms with van der Waals surface area (Å²) in [5.41, 5.74) is 5.23. The second-order valence-corrected chi connectivity index (χ2v) is 3.97. The maximum absolute atomic E-state index is 10.4. The molecule has 0 radical (unpaired) electrons. The van der Waals surface area contributed by atoms with Crippen molar-refractivity contribution >= 4 is 10.1 Å². The Morgan fingerprint density at radius 1 is 1.60 bits per heavy atom. The van der Waals surface area contributed by atoms with Crippen molar-refractivity contribution in [3.63, 3.8) is 0 Å². The maximum atomic E-state index is 10.4. The van der Waals surface area contributed by atoms with E-state index in [4.69, 9.17) is 5.73 Å². The molecule has 0 spiro atoms. The molecule has 4 nitrogen and oxygen atoms in total. The minimum Gasteiger partial charge on any atom is -0.330 e. The van der Waals surface area contributed by atoms with Gasteiger partial charge in [-0.05, 0) is 12.5 Å². The van der Waals surface area contributed by atoms with E-state index in [1.807, 2.05) is 6.92 Å². The SMILES string of the molecule is CC(CN)COS(C)(=O)=O. The number of hydrogen-bond acceptors (Lipinski definition) is 4. The van der Waals surface area contributed by atoms with Gasteiger partial charge in [-0.25, -0.2) is 0 Å². The summed E-state index contributed by atoms with van der Waals surface area (Å²) in [6.07, 6.45) is 1.02. The molecule has 0 aromatic rings. The van der Waals surface area contributed by atoms with Crippen molar-refractivity contribution in [2.24, 2.45) is 11.7 Å². The molecule has 0 aliphatic heterocycles. The van der Waals surface area contributed by atoms with E-state index in [1.54, 1.807) is 0 Å². The highest BCUT2D eigenvalue weighted by molar-refractivity contribution is 7.85. The Labute approximate surface area is 61.5 Å². The lowest BCUT2D eigenvalue weighted by molar-refractivity contribution is 0.271. The van der Waals surface area contributed by atoms with Crippen molar-refractivity contribution in [1.29, 1.82) is 0 Å². The second kappa shape index (κ2) is 3.90. The second-order valence-electron chi connectivity index (χ2n) is 2.33. The molecule has 0 rings (SSSR count). The third-order valence-corrected chi connectivity index (χ3v) is 1.53. The van der Waals surface area contributed by atoms with Gasteiger partial charge in [-0.15, -0.1) is 0 Å². The lowest BCUT2D eigenvalue weighted by Gasteiger charge is -2.06. The van der Waals surface area contributed by atoms with E-state index in [2.05, 4.69) is 4.18 Å². The lowest BCUT2D eigenvalue weighted by Crippen LogP contribution is -2.18. The third-order valence-electron chi connectivity index (χ3n) is 0.969. The molecule has 0 aliphatic carbocycles. The standard InChI is InChI=1S/C5H13NO3S/c1-5(3-6)4-9-10(2,7)8/h5H,3-4,6H2,1-2H3. The fourth-order valence-corrected chi connectivity index (χ4v) is 0.787. The Bertz CT molecular complexity index is 175. The Hall–Kier alpha value is -0.130. The van der Waals surface area contributed by atoms with E-state index in [9.17, 15) is 8.42 Å². The summed E-state index contributed by atoms with van der Waals surface area (Å²) in [5.74, 6) is 0.0923. The fraction of sp³-hybridized carbons (Fsp3) is 1.00. The minimum absolute atomic E-state index is 0.0923. The monoisotopic (exact) mass is 167 g/mol. The van der Waals surface area contributed by atoms with Gasteiger partial charge in [0.15, 0.2) is 0 Å². The van der Waals surface area contributed by atoms with Crippen molar-refractivity contribution in [2.45, 2.75) is 6.92 Å². The molecule has 0 fully saturated rings. The largest absolute Gasteiger partial charge is 0.330 e. The van der Waals surface area contributed by atoms with Crippen LogP contribution in [0.5, 0.6) is 0 Å². The summed E-state index contributed by atoms with van der Waals surface area (Å²) >= 11 is 0. The molecule has 0 saturated carbocycles. The molecule has 0 heterocycles. The highest BCUT2D eigenvalue weighted by Crippen LogP contribution is 1.95. The van der Waals surface area contributed by atoms with Gasteiger partial charge >= 0.3 is 0 Å². The van der Waals surface area contributed by atoms with Gasteiger partial charge in [0.25, 0.3) is 10.1 Å². The van der Waals surface area contributed by atoms with Crippen LogP contribution >= 0.6 is 0 Å². The summed E-state index contributed by atoms with van der Waals surface area (Å²) in [6, 6.07) is 0. The van der Waals surface area contributed by atoms with Gasteiger partial charge in [0.1, 0.15) is 0 Å². The lowest BCUT2D eigenvalue weighted by atomic mass is 10.2. The Morgan fingerprint density at radius 2 is 2.10 bits per heavy atom. The number of hydrogen-bond donors (Lipinski definition) is 1. The normalized spacial score (nSPS) is 15.1. The predicted octanol–water partition coefficient (Wildman–Crippen LogP) is -0.443. The van der Waals surface area contributed by atoms with E-state index in [1.165, 1.54) is 0 Å². The molecule has 2 N–H and O–H groups in total. The summed E-state index contributed by atoms with van der Waals surface area (Å²) < 4.78 is 25.3. The van der Waals surface area contributed by atoms with Crippen LogP contribution in [0, 0.1) is 5.92 Å². The molecular weight excluding hydrogens is 154 g/mol. The smallest absolute Gasteiger partial charge is 0.264 e. The quantitative estimate of drug-likeness (QED) is 0.576. The van der Waals surface area contributed by atoms with Crippen molar-refractivity contribution < 1.29 is 12.6 Å². The van der Waals surface area contributed by atoms with Crippen LogP contribution in [-0.2, 0) is 14.3 Å². The van der Waals surface area contributed by atoms with E-state index in [0.717, 1.165) is 6.26 Å². The number of nitrogens with two attached hydrogens (primary N) is 1. The number of rotatable bonds is 4. The molecule has 0 aromatic carbocycles. The van der Waals surface area contributed by atoms with E-state index in [-0.39, 0.29) is 12.5 Å². The summed E-state index contributed by atoms with van der Waals surface area (Å²) in [7, 11) is -3.28. The van der Waals surface area contributed by atoms with Gasteiger partial charge < -0.3 is 5.73 Å². The van der Waals surface area contributed by atoms with Crippen LogP contribution < -0.4 is 5.73 Å². The van der Waals surface area contributed by atoms with Crippen molar-refractivity contribution in [3.05, 3.63) is 0 Å². The topological polar surface area (TPSA) is 69.4 Å². The Kier molecular flexibility index (Phi) is 3.85. The molecule has 5 heteroatoms. The van der Waals surface area contributed by atoms with E-state index in [0.29, 0.717) is 6.54 Å². The molecule has 0 aliphatic rings. The van der Waals surface area contributed by atoms with Gasteiger partial charge in [-0.3, -0.25) is 4.18 Å². The molecule has 0 bridgehead atoms. The average molecular weight is 167 g/mol. The molecule has 62 valence electrons. The molecular formula is C5H13NO3S. The van der Waals surface area contributed by atoms with Gasteiger partial charge in [0.2, 0.25) is 0 Å². The highest BCUT2D eigenvalue weighted by atomic mass is 32.2. The van der Waals surface area contributed by atoms with E-state index < -0.39 is 10.1 Å². The first-order valence-corrected chi connectivity index (χ1v) is 4.82. The first kappa shape index (κ1) is 9.87. The minimum atomic E-state index is -3.28. The Morgan fingerprint density at radius 3 is 2.40 bits per heavy atom. The zero-order valence-electron chi connectivity index (χ0n) is 6.20. The van der Waals surface area contributed by atoms with Crippen molar-refractivity contribution in [3.8, 4) is 0 Å². The van der Waals surface area contributed by atoms with Crippen molar-refractivity contribution in [1.82, 2.24) is 0 Å². The molecule has 1 atom stereocenters. The van der Waals surface area contributed by atoms with Gasteiger partial charge in [0, 0.05) is 0 Å². The van der Waals surface area contributed by atoms with Gasteiger partial charge in [0.05, 0.1) is 12.9 Å². The molecule has 1 unspecified atom stereocenters. The third kappa shape index (κ3) is 6.00. The van der Waals surface area contributed by atoms with Gasteiger partial charge in [-0.2, -0.15) is 8.42 Å². The average Bonchev–Trinajstić information content (AvgIpc) is 1.81. The van der Waals surface area contributed by atoms with Crippen LogP contribution in [0.15, 0.2) is 0 Å². The first-order chi connectivity index (χ1) is 4.45. The van der Waals surface area contributed by atoms with Crippen LogP contribution in [0.25, 0.3) is 0 Å². The Balaban J connectivity index is 3.56. The van der Waals surface area contributed by atoms with Crippen molar-refractivity contribution in [2.75, 3.05) is 19.4 Å². The molecule has 0 aromatic heterocycles. The van der Waals surface area contributed by atoms with Crippen LogP contribution in [-0.4, -0.2) is 27.8 Å². The predicted molar refractivity (Wildman–Crippen MR) is 39.0 cm³/mol.